The smallest absolute Gasteiger partial charge is 0.309 e. The molecule has 0 radical (unpaired) electrons. The van der Waals surface area contributed by atoms with Gasteiger partial charge < -0.3 is 33.9 Å². The second kappa shape index (κ2) is 11.1. The Labute approximate surface area is 189 Å². The van der Waals surface area contributed by atoms with Crippen LogP contribution in [0.25, 0.3) is 0 Å². The van der Waals surface area contributed by atoms with Crippen LogP contribution in [0, 0.1) is 11.8 Å². The Hall–Kier alpha value is -1.52. The maximum atomic E-state index is 12.7. The highest BCUT2D eigenvalue weighted by atomic mass is 16.6. The molecule has 0 saturated carbocycles. The van der Waals surface area contributed by atoms with E-state index >= 15 is 0 Å². The molecule has 3 aliphatic heterocycles. The number of rotatable bonds is 3. The highest BCUT2D eigenvalue weighted by Crippen LogP contribution is 2.37. The van der Waals surface area contributed by atoms with Crippen molar-refractivity contribution in [2.24, 2.45) is 11.8 Å². The summed E-state index contributed by atoms with van der Waals surface area (Å²) in [6.07, 6.45) is 0.418. The fourth-order valence-corrected chi connectivity index (χ4v) is 4.65. The van der Waals surface area contributed by atoms with E-state index in [0.717, 1.165) is 0 Å². The third-order valence-electron chi connectivity index (χ3n) is 6.46. The van der Waals surface area contributed by atoms with Gasteiger partial charge in [0, 0.05) is 26.4 Å². The molecule has 2 fully saturated rings. The summed E-state index contributed by atoms with van der Waals surface area (Å²) in [7, 11) is 1.46. The monoisotopic (exact) mass is 456 g/mol. The summed E-state index contributed by atoms with van der Waals surface area (Å²) >= 11 is 0. The van der Waals surface area contributed by atoms with Gasteiger partial charge in [0.2, 0.25) is 0 Å². The van der Waals surface area contributed by atoms with Gasteiger partial charge in [-0.2, -0.15) is 0 Å². The van der Waals surface area contributed by atoms with E-state index in [2.05, 4.69) is 0 Å². The molecule has 10 atom stereocenters. The molecule has 32 heavy (non-hydrogen) atoms. The van der Waals surface area contributed by atoms with Crippen LogP contribution < -0.4 is 0 Å². The van der Waals surface area contributed by atoms with Crippen LogP contribution in [-0.2, 0) is 33.3 Å². The Kier molecular flexibility index (Phi) is 8.68. The molecular formula is C23H36O9. The molecule has 2 unspecified atom stereocenters. The van der Waals surface area contributed by atoms with Gasteiger partial charge in [0.05, 0.1) is 24.7 Å². The van der Waals surface area contributed by atoms with Crippen LogP contribution in [0.1, 0.15) is 52.9 Å². The molecule has 2 N–H and O–H groups in total. The van der Waals surface area contributed by atoms with E-state index in [4.69, 9.17) is 23.7 Å². The summed E-state index contributed by atoms with van der Waals surface area (Å²) in [5, 5.41) is 20.8. The Balaban J connectivity index is 1.86. The predicted octanol–water partition coefficient (Wildman–Crippen LogP) is 1.48. The van der Waals surface area contributed by atoms with Crippen LogP contribution in [0.2, 0.25) is 0 Å². The average molecular weight is 457 g/mol. The van der Waals surface area contributed by atoms with Crippen molar-refractivity contribution in [2.45, 2.75) is 102 Å². The molecule has 0 amide bonds. The minimum atomic E-state index is -1.00. The van der Waals surface area contributed by atoms with E-state index in [-0.39, 0.29) is 43.0 Å². The van der Waals surface area contributed by atoms with Crippen LogP contribution >= 0.6 is 0 Å². The number of esters is 2. The first-order chi connectivity index (χ1) is 15.2. The van der Waals surface area contributed by atoms with E-state index in [1.54, 1.807) is 19.9 Å². The molecular weight excluding hydrogens is 420 g/mol. The quantitative estimate of drug-likeness (QED) is 0.369. The number of aliphatic hydroxyl groups excluding tert-OH is 2. The fourth-order valence-electron chi connectivity index (χ4n) is 4.65. The van der Waals surface area contributed by atoms with Crippen LogP contribution in [0.3, 0.4) is 0 Å². The molecule has 9 heteroatoms. The Bertz CT molecular complexity index is 680. The van der Waals surface area contributed by atoms with Crippen LogP contribution in [0.4, 0.5) is 0 Å². The summed E-state index contributed by atoms with van der Waals surface area (Å²) in [6, 6.07) is 0. The van der Waals surface area contributed by atoms with Gasteiger partial charge in [0.1, 0.15) is 24.4 Å². The van der Waals surface area contributed by atoms with Gasteiger partial charge in [0.15, 0.2) is 6.29 Å². The molecule has 0 aromatic heterocycles. The molecule has 0 aromatic rings. The van der Waals surface area contributed by atoms with Crippen molar-refractivity contribution in [2.75, 3.05) is 7.11 Å². The van der Waals surface area contributed by atoms with Crippen molar-refractivity contribution in [3.8, 4) is 0 Å². The van der Waals surface area contributed by atoms with Crippen molar-refractivity contribution < 1.29 is 43.5 Å². The van der Waals surface area contributed by atoms with Crippen LogP contribution in [0.15, 0.2) is 12.2 Å². The molecule has 2 saturated heterocycles. The minimum absolute atomic E-state index is 0.0624. The predicted molar refractivity (Wildman–Crippen MR) is 112 cm³/mol. The van der Waals surface area contributed by atoms with Gasteiger partial charge in [-0.25, -0.2) is 0 Å². The summed E-state index contributed by atoms with van der Waals surface area (Å²) in [5.41, 5.74) is 0. The highest BCUT2D eigenvalue weighted by molar-refractivity contribution is 5.72. The van der Waals surface area contributed by atoms with E-state index < -0.39 is 42.6 Å². The number of carbonyl (C=O) groups excluding carboxylic acids is 2. The number of hydrogen-bond acceptors (Lipinski definition) is 9. The van der Waals surface area contributed by atoms with Gasteiger partial charge in [-0.05, 0) is 25.2 Å². The number of carbonyl (C=O) groups is 2. The van der Waals surface area contributed by atoms with Gasteiger partial charge in [-0.15, -0.1) is 0 Å². The van der Waals surface area contributed by atoms with E-state index in [1.807, 2.05) is 13.0 Å². The van der Waals surface area contributed by atoms with Crippen molar-refractivity contribution >= 4 is 11.9 Å². The van der Waals surface area contributed by atoms with Crippen LogP contribution in [-0.4, -0.2) is 78.3 Å². The van der Waals surface area contributed by atoms with Crippen molar-refractivity contribution in [3.63, 3.8) is 0 Å². The molecule has 182 valence electrons. The lowest BCUT2D eigenvalue weighted by Crippen LogP contribution is -2.46. The molecule has 0 aliphatic carbocycles. The average Bonchev–Trinajstić information content (AvgIpc) is 3.37. The first kappa shape index (κ1) is 25.1. The Morgan fingerprint density at radius 1 is 1.16 bits per heavy atom. The van der Waals surface area contributed by atoms with Gasteiger partial charge in [-0.3, -0.25) is 9.59 Å². The lowest BCUT2D eigenvalue weighted by molar-refractivity contribution is -0.183. The highest BCUT2D eigenvalue weighted by Gasteiger charge is 2.46. The number of epoxide rings is 1. The normalized spacial score (nSPS) is 44.1. The van der Waals surface area contributed by atoms with Crippen molar-refractivity contribution in [1.82, 2.24) is 0 Å². The molecule has 0 bridgehead atoms. The van der Waals surface area contributed by atoms with Crippen molar-refractivity contribution in [3.05, 3.63) is 12.2 Å². The number of methoxy groups -OCH3 is 1. The molecule has 0 spiro atoms. The molecule has 9 nitrogen and oxygen atoms in total. The maximum absolute atomic E-state index is 12.7. The molecule has 0 aromatic carbocycles. The number of fused-ring (bicyclic) bond motifs is 2. The number of hydrogen-bond donors (Lipinski definition) is 2. The zero-order chi connectivity index (χ0) is 23.4. The molecule has 3 rings (SSSR count). The first-order valence-electron chi connectivity index (χ1n) is 11.5. The Morgan fingerprint density at radius 3 is 2.59 bits per heavy atom. The van der Waals surface area contributed by atoms with E-state index in [9.17, 15) is 19.8 Å². The molecule has 3 aliphatic rings. The van der Waals surface area contributed by atoms with Crippen molar-refractivity contribution in [1.29, 1.82) is 0 Å². The zero-order valence-electron chi connectivity index (χ0n) is 19.2. The topological polar surface area (TPSA) is 124 Å². The zero-order valence-corrected chi connectivity index (χ0v) is 19.2. The maximum Gasteiger partial charge on any atom is 0.309 e. The number of ether oxygens (including phenoxy) is 5. The minimum Gasteiger partial charge on any atom is -0.462 e. The van der Waals surface area contributed by atoms with Gasteiger partial charge in [-0.1, -0.05) is 26.0 Å². The lowest BCUT2D eigenvalue weighted by Gasteiger charge is -2.33. The fraction of sp³-hybridized carbons (Fsp3) is 0.826. The first-order valence-corrected chi connectivity index (χ1v) is 11.5. The molecule has 3 heterocycles. The number of cyclic esters (lactones) is 1. The standard InChI is InChI=1S/C23H36O9/c1-5-19(25)31-18-11-21(27)29-13(3)9-17-16(30-17)7-6-15(24)12(2)8-14-10-20(26)32-22(14)23(18)28-4/h6-7,12-18,20,22-24,26H,5,8-11H2,1-4H3/b7-6+/t12-,13-,14-,15+,16+,17+,18-,20?,22+,23?/m1/s1. The second-order valence-electron chi connectivity index (χ2n) is 9.10. The van der Waals surface area contributed by atoms with E-state index in [0.29, 0.717) is 19.3 Å². The van der Waals surface area contributed by atoms with Crippen LogP contribution in [0.5, 0.6) is 0 Å². The van der Waals surface area contributed by atoms with Gasteiger partial charge >= 0.3 is 11.9 Å². The third-order valence-corrected chi connectivity index (χ3v) is 6.46. The third kappa shape index (κ3) is 6.51. The second-order valence-corrected chi connectivity index (χ2v) is 9.10. The van der Waals surface area contributed by atoms with E-state index in [1.165, 1.54) is 7.11 Å². The van der Waals surface area contributed by atoms with Gasteiger partial charge in [0.25, 0.3) is 0 Å². The SMILES string of the molecule is CCC(=O)O[C@@H]1CC(=O)O[C@H](C)C[C@@H]2O[C@H]2/C=C/[C@H](O)[C@H](C)C[C@@H]2CC(O)O[C@@H]2C1OC. The summed E-state index contributed by atoms with van der Waals surface area (Å²) in [6.45, 7) is 5.38. The Morgan fingerprint density at radius 2 is 1.91 bits per heavy atom. The summed E-state index contributed by atoms with van der Waals surface area (Å²) in [5.74, 6) is -1.25. The summed E-state index contributed by atoms with van der Waals surface area (Å²) in [4.78, 5) is 24.7. The number of aliphatic hydroxyl groups is 2. The largest absolute Gasteiger partial charge is 0.462 e. The lowest BCUT2D eigenvalue weighted by atomic mass is 9.84. The summed E-state index contributed by atoms with van der Waals surface area (Å²) < 4.78 is 28.1.